The second-order valence-corrected chi connectivity index (χ2v) is 12.4. The van der Waals surface area contributed by atoms with Crippen molar-refractivity contribution in [3.05, 3.63) is 125 Å². The predicted molar refractivity (Wildman–Crippen MR) is 194 cm³/mol. The first-order chi connectivity index (χ1) is 22.9. The van der Waals surface area contributed by atoms with Gasteiger partial charge in [0.25, 0.3) is 11.8 Å². The van der Waals surface area contributed by atoms with Gasteiger partial charge in [-0.15, -0.1) is 0 Å². The van der Waals surface area contributed by atoms with E-state index in [4.69, 9.17) is 9.68 Å². The van der Waals surface area contributed by atoms with E-state index in [2.05, 4.69) is 66.8 Å². The van der Waals surface area contributed by atoms with Crippen molar-refractivity contribution in [2.45, 2.75) is 27.7 Å². The van der Waals surface area contributed by atoms with Gasteiger partial charge in [-0.2, -0.15) is 0 Å². The van der Waals surface area contributed by atoms with E-state index < -0.39 is 35.1 Å². The lowest BCUT2D eigenvalue weighted by Crippen LogP contribution is -2.25. The van der Waals surface area contributed by atoms with Gasteiger partial charge in [0.1, 0.15) is 0 Å². The van der Waals surface area contributed by atoms with Crippen molar-refractivity contribution in [2.75, 3.05) is 23.8 Å². The Bertz CT molecular complexity index is 1810. The number of benzene rings is 4. The quantitative estimate of drug-likeness (QED) is 0.0395. The molecule has 0 aliphatic heterocycles. The van der Waals surface area contributed by atoms with Gasteiger partial charge in [0.05, 0.1) is 35.7 Å². The summed E-state index contributed by atoms with van der Waals surface area (Å²) in [5, 5.41) is 5.61. The van der Waals surface area contributed by atoms with Crippen LogP contribution < -0.4 is 21.6 Å². The fraction of sp³-hybridized carbons (Fsp3) is 0.176. The number of anilines is 4. The summed E-state index contributed by atoms with van der Waals surface area (Å²) in [5.74, 6) is -5.66. The zero-order valence-corrected chi connectivity index (χ0v) is 30.6. The van der Waals surface area contributed by atoms with Gasteiger partial charge in [-0.3, -0.25) is 19.3 Å². The summed E-state index contributed by atoms with van der Waals surface area (Å²) in [5.41, 5.74) is 6.66. The maximum absolute atomic E-state index is 14.3. The van der Waals surface area contributed by atoms with E-state index in [9.17, 15) is 27.2 Å². The molecule has 4 aromatic carbocycles. The third kappa shape index (κ3) is 10.6. The molecule has 0 unspecified atom stereocenters. The molecule has 48 heavy (non-hydrogen) atoms. The van der Waals surface area contributed by atoms with Gasteiger partial charge >= 0.3 is 0 Å². The Hall–Kier alpha value is -3.74. The minimum absolute atomic E-state index is 0.0460. The Kier molecular flexibility index (Phi) is 15.1. The van der Waals surface area contributed by atoms with Crippen molar-refractivity contribution in [3.8, 4) is 0 Å². The maximum Gasteiger partial charge on any atom is 0.277 e. The largest absolute Gasteiger partial charge is 0.352 e. The van der Waals surface area contributed by atoms with Gasteiger partial charge in [-0.05, 0) is 145 Å². The molecule has 4 N–H and O–H groups in total. The van der Waals surface area contributed by atoms with E-state index in [1.54, 1.807) is 31.2 Å². The number of carbonyl (C=O) groups is 2. The van der Waals surface area contributed by atoms with Crippen LogP contribution >= 0.6 is 45.2 Å². The highest BCUT2D eigenvalue weighted by Crippen LogP contribution is 2.30. The van der Waals surface area contributed by atoms with Crippen LogP contribution in [0.15, 0.2) is 72.8 Å². The lowest BCUT2D eigenvalue weighted by atomic mass is 10.1. The average molecular weight is 890 g/mol. The van der Waals surface area contributed by atoms with E-state index in [0.717, 1.165) is 30.4 Å². The molecule has 0 bridgehead atoms. The van der Waals surface area contributed by atoms with Gasteiger partial charge in [-0.1, -0.05) is 12.2 Å². The molecule has 0 aromatic heterocycles. The Morgan fingerprint density at radius 2 is 1.15 bits per heavy atom. The Balaban J connectivity index is 0.000000261. The first kappa shape index (κ1) is 38.7. The molecule has 0 radical (unpaired) electrons. The smallest absolute Gasteiger partial charge is 0.277 e. The molecule has 4 rings (SSSR count). The summed E-state index contributed by atoms with van der Waals surface area (Å²) in [7, 11) is 0. The Morgan fingerprint density at radius 1 is 0.708 bits per heavy atom. The molecule has 0 heterocycles. The first-order valence-electron chi connectivity index (χ1n) is 14.4. The first-order valence-corrected chi connectivity index (χ1v) is 16.5. The molecule has 0 spiro atoms. The third-order valence-corrected chi connectivity index (χ3v) is 7.81. The topological polar surface area (TPSA) is 101 Å². The summed E-state index contributed by atoms with van der Waals surface area (Å²) in [6.07, 6.45) is 3.45. The number of rotatable bonds is 11. The standard InChI is InChI=1S/C18H17F2IN2O2.C16H15F2IN2O2/c1-3-4-9-25-23-18(24)13-6-7-14(19)16(20)17(13)22-15-8-5-12(21)10-11(15)2;1-3-23-21-16(22)11-5-6-12(17)14(18)15(11)20-13-7-4-10(19)8-9(13)2/h3-8,10,22H,9H2,1-2H3,(H,23,24);4-8,20H,3H2,1-2H3,(H,21,22). The zero-order chi connectivity index (χ0) is 35.4. The molecular weight excluding hydrogens is 858 g/mol. The van der Waals surface area contributed by atoms with Crippen molar-refractivity contribution in [2.24, 2.45) is 0 Å². The molecule has 0 aliphatic carbocycles. The molecule has 254 valence electrons. The van der Waals surface area contributed by atoms with Gasteiger partial charge in [0.15, 0.2) is 23.3 Å². The fourth-order valence-electron chi connectivity index (χ4n) is 4.03. The van der Waals surface area contributed by atoms with Crippen LogP contribution in [0.3, 0.4) is 0 Å². The van der Waals surface area contributed by atoms with E-state index in [1.807, 2.05) is 45.0 Å². The minimum Gasteiger partial charge on any atom is -0.352 e. The normalized spacial score (nSPS) is 10.7. The fourth-order valence-corrected chi connectivity index (χ4v) is 5.32. The van der Waals surface area contributed by atoms with Crippen LogP contribution in [0.5, 0.6) is 0 Å². The van der Waals surface area contributed by atoms with Gasteiger partial charge in [0, 0.05) is 18.5 Å². The summed E-state index contributed by atoms with van der Waals surface area (Å²) in [4.78, 5) is 34.1. The molecule has 2 amide bonds. The number of hydroxylamine groups is 2. The molecule has 0 fully saturated rings. The number of halogens is 6. The van der Waals surface area contributed by atoms with E-state index in [-0.39, 0.29) is 35.7 Å². The van der Waals surface area contributed by atoms with Crippen LogP contribution in [-0.2, 0) is 9.68 Å². The van der Waals surface area contributed by atoms with Crippen LogP contribution in [0, 0.1) is 44.3 Å². The monoisotopic (exact) mass is 890 g/mol. The number of amides is 2. The zero-order valence-electron chi connectivity index (χ0n) is 26.2. The third-order valence-electron chi connectivity index (χ3n) is 6.46. The molecule has 0 atom stereocenters. The molecule has 0 saturated heterocycles. The van der Waals surface area contributed by atoms with E-state index in [0.29, 0.717) is 11.4 Å². The number of carbonyl (C=O) groups excluding carboxylic acids is 2. The Labute approximate surface area is 302 Å². The maximum atomic E-state index is 14.3. The number of nitrogens with one attached hydrogen (secondary N) is 4. The van der Waals surface area contributed by atoms with Crippen molar-refractivity contribution in [1.82, 2.24) is 11.0 Å². The summed E-state index contributed by atoms with van der Waals surface area (Å²) < 4.78 is 57.7. The van der Waals surface area contributed by atoms with Crippen LogP contribution in [0.1, 0.15) is 45.7 Å². The highest BCUT2D eigenvalue weighted by Gasteiger charge is 2.21. The summed E-state index contributed by atoms with van der Waals surface area (Å²) in [6, 6.07) is 15.1. The molecular formula is C34H32F4I2N4O4. The molecule has 0 saturated carbocycles. The lowest BCUT2D eigenvalue weighted by Gasteiger charge is -2.15. The second kappa shape index (κ2) is 18.7. The van der Waals surface area contributed by atoms with Gasteiger partial charge in [0.2, 0.25) is 0 Å². The van der Waals surface area contributed by atoms with Crippen molar-refractivity contribution >= 4 is 79.7 Å². The average Bonchev–Trinajstić information content (AvgIpc) is 3.05. The summed E-state index contributed by atoms with van der Waals surface area (Å²) >= 11 is 4.31. The van der Waals surface area contributed by atoms with Gasteiger partial charge < -0.3 is 10.6 Å². The highest BCUT2D eigenvalue weighted by atomic mass is 127. The van der Waals surface area contributed by atoms with Crippen molar-refractivity contribution in [1.29, 1.82) is 0 Å². The van der Waals surface area contributed by atoms with Gasteiger partial charge in [-0.25, -0.2) is 28.5 Å². The number of hydrogen-bond acceptors (Lipinski definition) is 6. The minimum atomic E-state index is -1.13. The molecule has 0 aliphatic rings. The summed E-state index contributed by atoms with van der Waals surface area (Å²) in [6.45, 7) is 7.61. The van der Waals surface area contributed by atoms with Crippen LogP contribution in [-0.4, -0.2) is 25.0 Å². The van der Waals surface area contributed by atoms with Crippen LogP contribution in [0.2, 0.25) is 0 Å². The van der Waals surface area contributed by atoms with E-state index in [1.165, 1.54) is 12.1 Å². The predicted octanol–water partition coefficient (Wildman–Crippen LogP) is 9.16. The van der Waals surface area contributed by atoms with Crippen molar-refractivity contribution in [3.63, 3.8) is 0 Å². The number of allylic oxidation sites excluding steroid dienone is 1. The second-order valence-electron chi connectivity index (χ2n) is 9.91. The molecule has 8 nitrogen and oxygen atoms in total. The molecule has 14 heteroatoms. The van der Waals surface area contributed by atoms with Crippen LogP contribution in [0.4, 0.5) is 40.3 Å². The molecule has 4 aromatic rings. The van der Waals surface area contributed by atoms with Crippen molar-refractivity contribution < 1.29 is 36.8 Å². The number of hydrogen-bond donors (Lipinski definition) is 4. The SMILES string of the molecule is CC=CCONC(=O)c1ccc(F)c(F)c1Nc1ccc(I)cc1C.CCONC(=O)c1ccc(F)c(F)c1Nc1ccc(I)cc1C. The number of aryl methyl sites for hydroxylation is 2. The lowest BCUT2D eigenvalue weighted by molar-refractivity contribution is 0.0365. The van der Waals surface area contributed by atoms with E-state index >= 15 is 0 Å². The van der Waals surface area contributed by atoms with Crippen LogP contribution in [0.25, 0.3) is 0 Å². The highest BCUT2D eigenvalue weighted by molar-refractivity contribution is 14.1. The Morgan fingerprint density at radius 3 is 1.54 bits per heavy atom.